The van der Waals surface area contributed by atoms with Gasteiger partial charge in [0.05, 0.1) is 6.54 Å². The number of fused-ring (bicyclic) bond motifs is 1. The predicted octanol–water partition coefficient (Wildman–Crippen LogP) is 2.74. The van der Waals surface area contributed by atoms with Crippen LogP contribution in [0, 0.1) is 5.92 Å². The van der Waals surface area contributed by atoms with Crippen molar-refractivity contribution in [3.8, 4) is 0 Å². The summed E-state index contributed by atoms with van der Waals surface area (Å²) in [6.07, 6.45) is 2.46. The molecule has 136 valence electrons. The molecule has 1 aromatic carbocycles. The fraction of sp³-hybridized carbons (Fsp3) is 0.579. The van der Waals surface area contributed by atoms with Crippen LogP contribution in [-0.2, 0) is 16.1 Å². The van der Waals surface area contributed by atoms with Crippen LogP contribution >= 0.6 is 0 Å². The van der Waals surface area contributed by atoms with E-state index in [0.29, 0.717) is 19.8 Å². The first-order chi connectivity index (χ1) is 12.1. The normalized spacial score (nSPS) is 22.6. The fourth-order valence-electron chi connectivity index (χ4n) is 3.50. The van der Waals surface area contributed by atoms with Gasteiger partial charge in [-0.05, 0) is 30.4 Å². The lowest BCUT2D eigenvalue weighted by Crippen LogP contribution is -2.54. The maximum Gasteiger partial charge on any atom is 0.318 e. The van der Waals surface area contributed by atoms with Gasteiger partial charge in [0.2, 0.25) is 5.91 Å². The third-order valence-electron chi connectivity index (χ3n) is 5.21. The SMILES string of the molecule is CC[C@H](C)[C@H]1C(=O)Nc2ccccc2CN1C(=O)NC1CCOCC1. The lowest BCUT2D eigenvalue weighted by molar-refractivity contribution is -0.122. The van der Waals surface area contributed by atoms with Gasteiger partial charge in [-0.2, -0.15) is 0 Å². The minimum atomic E-state index is -0.475. The van der Waals surface area contributed by atoms with Crippen LogP contribution in [0.1, 0.15) is 38.7 Å². The van der Waals surface area contributed by atoms with Crippen molar-refractivity contribution < 1.29 is 14.3 Å². The molecule has 6 heteroatoms. The molecule has 2 heterocycles. The van der Waals surface area contributed by atoms with Crippen LogP contribution < -0.4 is 10.6 Å². The van der Waals surface area contributed by atoms with Crippen molar-refractivity contribution >= 4 is 17.6 Å². The molecule has 0 bridgehead atoms. The molecule has 3 rings (SSSR count). The quantitative estimate of drug-likeness (QED) is 0.885. The molecule has 0 unspecified atom stereocenters. The van der Waals surface area contributed by atoms with Gasteiger partial charge in [-0.25, -0.2) is 4.79 Å². The number of urea groups is 1. The van der Waals surface area contributed by atoms with Crippen molar-refractivity contribution in [2.45, 2.75) is 51.7 Å². The lowest BCUT2D eigenvalue weighted by atomic mass is 9.97. The average Bonchev–Trinajstić information content (AvgIpc) is 2.77. The number of ether oxygens (including phenoxy) is 1. The smallest absolute Gasteiger partial charge is 0.318 e. The second kappa shape index (κ2) is 7.87. The summed E-state index contributed by atoms with van der Waals surface area (Å²) in [7, 11) is 0. The Kier molecular flexibility index (Phi) is 5.58. The number of carbonyl (C=O) groups excluding carboxylic acids is 2. The van der Waals surface area contributed by atoms with Gasteiger partial charge >= 0.3 is 6.03 Å². The molecule has 3 amide bonds. The Balaban J connectivity index is 1.85. The summed E-state index contributed by atoms with van der Waals surface area (Å²) < 4.78 is 5.36. The van der Waals surface area contributed by atoms with Gasteiger partial charge in [0, 0.05) is 24.9 Å². The van der Waals surface area contributed by atoms with Crippen LogP contribution in [0.3, 0.4) is 0 Å². The second-order valence-corrected chi connectivity index (χ2v) is 6.94. The number of carbonyl (C=O) groups is 2. The highest BCUT2D eigenvalue weighted by Crippen LogP contribution is 2.27. The molecule has 2 N–H and O–H groups in total. The molecule has 2 aliphatic heterocycles. The first-order valence-corrected chi connectivity index (χ1v) is 9.13. The van der Waals surface area contributed by atoms with Gasteiger partial charge in [-0.1, -0.05) is 38.5 Å². The van der Waals surface area contributed by atoms with Crippen molar-refractivity contribution in [1.82, 2.24) is 10.2 Å². The number of benzene rings is 1. The first-order valence-electron chi connectivity index (χ1n) is 9.13. The molecule has 0 aromatic heterocycles. The molecule has 25 heavy (non-hydrogen) atoms. The van der Waals surface area contributed by atoms with E-state index in [0.717, 1.165) is 30.5 Å². The minimum Gasteiger partial charge on any atom is -0.381 e. The second-order valence-electron chi connectivity index (χ2n) is 6.94. The Morgan fingerprint density at radius 2 is 2.08 bits per heavy atom. The summed E-state index contributed by atoms with van der Waals surface area (Å²) in [5.41, 5.74) is 1.76. The number of nitrogens with one attached hydrogen (secondary N) is 2. The third-order valence-corrected chi connectivity index (χ3v) is 5.21. The van der Waals surface area contributed by atoms with Crippen LogP contribution in [0.15, 0.2) is 24.3 Å². The van der Waals surface area contributed by atoms with Crippen molar-refractivity contribution in [1.29, 1.82) is 0 Å². The number of rotatable bonds is 3. The van der Waals surface area contributed by atoms with Crippen LogP contribution in [0.4, 0.5) is 10.5 Å². The Hall–Kier alpha value is -2.08. The number of para-hydroxylation sites is 1. The maximum absolute atomic E-state index is 13.0. The van der Waals surface area contributed by atoms with Gasteiger partial charge in [0.15, 0.2) is 0 Å². The Labute approximate surface area is 148 Å². The van der Waals surface area contributed by atoms with E-state index in [4.69, 9.17) is 4.74 Å². The van der Waals surface area contributed by atoms with Crippen LogP contribution in [-0.4, -0.2) is 42.1 Å². The Morgan fingerprint density at radius 1 is 1.36 bits per heavy atom. The topological polar surface area (TPSA) is 70.7 Å². The highest BCUT2D eigenvalue weighted by Gasteiger charge is 2.37. The van der Waals surface area contributed by atoms with Gasteiger partial charge < -0.3 is 20.3 Å². The van der Waals surface area contributed by atoms with E-state index >= 15 is 0 Å². The highest BCUT2D eigenvalue weighted by atomic mass is 16.5. The maximum atomic E-state index is 13.0. The molecule has 0 spiro atoms. The first kappa shape index (κ1) is 17.7. The van der Waals surface area contributed by atoms with Crippen molar-refractivity contribution in [2.75, 3.05) is 18.5 Å². The van der Waals surface area contributed by atoms with E-state index in [-0.39, 0.29) is 23.9 Å². The van der Waals surface area contributed by atoms with Crippen molar-refractivity contribution in [2.24, 2.45) is 5.92 Å². The number of anilines is 1. The zero-order valence-corrected chi connectivity index (χ0v) is 15.0. The van der Waals surface area contributed by atoms with E-state index in [2.05, 4.69) is 10.6 Å². The predicted molar refractivity (Wildman–Crippen MR) is 96.2 cm³/mol. The molecule has 1 aromatic rings. The van der Waals surface area contributed by atoms with E-state index < -0.39 is 6.04 Å². The van der Waals surface area contributed by atoms with Crippen molar-refractivity contribution in [3.63, 3.8) is 0 Å². The largest absolute Gasteiger partial charge is 0.381 e. The summed E-state index contributed by atoms with van der Waals surface area (Å²) in [5, 5.41) is 6.10. The van der Waals surface area contributed by atoms with E-state index in [1.165, 1.54) is 0 Å². The third kappa shape index (κ3) is 3.95. The van der Waals surface area contributed by atoms with Gasteiger partial charge in [0.25, 0.3) is 0 Å². The zero-order valence-electron chi connectivity index (χ0n) is 15.0. The average molecular weight is 345 g/mol. The number of amides is 3. The minimum absolute atomic E-state index is 0.0785. The zero-order chi connectivity index (χ0) is 17.8. The summed E-state index contributed by atoms with van der Waals surface area (Å²) in [5.74, 6) is -0.0313. The number of hydrogen-bond acceptors (Lipinski definition) is 3. The molecule has 1 saturated heterocycles. The summed E-state index contributed by atoms with van der Waals surface area (Å²) in [4.78, 5) is 27.5. The monoisotopic (exact) mass is 345 g/mol. The fourth-order valence-corrected chi connectivity index (χ4v) is 3.50. The molecule has 6 nitrogen and oxygen atoms in total. The molecule has 0 saturated carbocycles. The van der Waals surface area contributed by atoms with Gasteiger partial charge in [-0.3, -0.25) is 4.79 Å². The highest BCUT2D eigenvalue weighted by molar-refractivity contribution is 5.98. The van der Waals surface area contributed by atoms with E-state index in [1.807, 2.05) is 38.1 Å². The molecule has 1 fully saturated rings. The Morgan fingerprint density at radius 3 is 2.80 bits per heavy atom. The van der Waals surface area contributed by atoms with Gasteiger partial charge in [0.1, 0.15) is 6.04 Å². The molecular weight excluding hydrogens is 318 g/mol. The Bertz CT molecular complexity index is 628. The number of nitrogens with zero attached hydrogens (tertiary/aromatic N) is 1. The summed E-state index contributed by atoms with van der Waals surface area (Å²) >= 11 is 0. The van der Waals surface area contributed by atoms with Crippen LogP contribution in [0.2, 0.25) is 0 Å². The van der Waals surface area contributed by atoms with Gasteiger partial charge in [-0.15, -0.1) is 0 Å². The molecular formula is C19H27N3O3. The summed E-state index contributed by atoms with van der Waals surface area (Å²) in [6, 6.07) is 7.16. The molecule has 0 aliphatic carbocycles. The molecule has 2 aliphatic rings. The van der Waals surface area contributed by atoms with Crippen LogP contribution in [0.25, 0.3) is 0 Å². The lowest BCUT2D eigenvalue weighted by Gasteiger charge is -2.34. The van der Waals surface area contributed by atoms with E-state index in [1.54, 1.807) is 4.90 Å². The standard InChI is InChI=1S/C19H27N3O3/c1-3-13(2)17-18(23)21-16-7-5-4-6-14(16)12-22(17)19(24)20-15-8-10-25-11-9-15/h4-7,13,15,17H,3,8-12H2,1-2H3,(H,20,24)(H,21,23)/t13-,17-/m0/s1. The molecule has 0 radical (unpaired) electrons. The van der Waals surface area contributed by atoms with Crippen molar-refractivity contribution in [3.05, 3.63) is 29.8 Å². The number of hydrogen-bond donors (Lipinski definition) is 2. The van der Waals surface area contributed by atoms with E-state index in [9.17, 15) is 9.59 Å². The van der Waals surface area contributed by atoms with Crippen LogP contribution in [0.5, 0.6) is 0 Å². The molecule has 2 atom stereocenters. The summed E-state index contributed by atoms with van der Waals surface area (Å²) in [6.45, 7) is 5.84.